The Morgan fingerprint density at radius 3 is 2.53 bits per heavy atom. The molecule has 1 aliphatic heterocycles. The quantitative estimate of drug-likeness (QED) is 0.255. The number of aliphatic hydroxyl groups is 1. The van der Waals surface area contributed by atoms with E-state index in [0.717, 1.165) is 11.2 Å². The van der Waals surface area contributed by atoms with E-state index in [4.69, 9.17) is 4.74 Å². The van der Waals surface area contributed by atoms with Crippen molar-refractivity contribution in [2.24, 2.45) is 7.05 Å². The number of aromatic amines is 1. The van der Waals surface area contributed by atoms with E-state index in [0.29, 0.717) is 70.9 Å². The summed E-state index contributed by atoms with van der Waals surface area (Å²) in [6.07, 6.45) is 4.86. The zero-order valence-electron chi connectivity index (χ0n) is 25.3. The molecule has 0 bridgehead atoms. The van der Waals surface area contributed by atoms with E-state index in [-0.39, 0.29) is 29.2 Å². The summed E-state index contributed by atoms with van der Waals surface area (Å²) in [7, 11) is 5.52. The summed E-state index contributed by atoms with van der Waals surface area (Å²) in [6.45, 7) is 1.76. The lowest BCUT2D eigenvalue weighted by Crippen LogP contribution is -2.40. The molecule has 0 aliphatic carbocycles. The number of morpholine rings is 1. The molecule has 1 amide bonds. The van der Waals surface area contributed by atoms with Crippen LogP contribution in [-0.4, -0.2) is 70.8 Å². The predicted molar refractivity (Wildman–Crippen MR) is 175 cm³/mol. The predicted octanol–water partition coefficient (Wildman–Crippen LogP) is 3.73. The van der Waals surface area contributed by atoms with Gasteiger partial charge in [0.15, 0.2) is 5.43 Å². The first-order chi connectivity index (χ1) is 21.7. The van der Waals surface area contributed by atoms with Crippen LogP contribution in [0.3, 0.4) is 0 Å². The summed E-state index contributed by atoms with van der Waals surface area (Å²) in [5.74, 6) is 0.286. The zero-order valence-corrected chi connectivity index (χ0v) is 25.3. The first kappa shape index (κ1) is 29.8. The molecule has 1 aliphatic rings. The van der Waals surface area contributed by atoms with Crippen LogP contribution in [0.25, 0.3) is 33.2 Å². The Balaban J connectivity index is 1.34. The molecular formula is C34H34N6O5. The lowest BCUT2D eigenvalue weighted by Gasteiger charge is -2.26. The Bertz CT molecular complexity index is 2010. The van der Waals surface area contributed by atoms with Crippen LogP contribution in [0, 0.1) is 0 Å². The van der Waals surface area contributed by atoms with E-state index < -0.39 is 0 Å². The van der Waals surface area contributed by atoms with E-state index in [2.05, 4.69) is 15.3 Å². The molecule has 0 spiro atoms. The number of hydrogen-bond donors (Lipinski definition) is 3. The third-order valence-corrected chi connectivity index (χ3v) is 8.07. The molecule has 5 aromatic rings. The van der Waals surface area contributed by atoms with Crippen LogP contribution >= 0.6 is 0 Å². The van der Waals surface area contributed by atoms with Gasteiger partial charge in [0.2, 0.25) is 0 Å². The SMILES string of the molecule is CN(C)c1ccc2c(=O)c(-c3cccc(-c4cc(Nc5ccc(C(=O)N6CCOCC6)cn5)c(=O)n(C)c4)c3CO)c[nH]c2c1. The lowest BCUT2D eigenvalue weighted by molar-refractivity contribution is 0.0302. The molecule has 0 radical (unpaired) electrons. The summed E-state index contributed by atoms with van der Waals surface area (Å²) in [5, 5.41) is 14.2. The van der Waals surface area contributed by atoms with Crippen LogP contribution in [0.2, 0.25) is 0 Å². The van der Waals surface area contributed by atoms with Gasteiger partial charge in [-0.2, -0.15) is 0 Å². The average Bonchev–Trinajstić information content (AvgIpc) is 3.06. The van der Waals surface area contributed by atoms with Crippen molar-refractivity contribution in [3.05, 3.63) is 105 Å². The Morgan fingerprint density at radius 1 is 1.04 bits per heavy atom. The zero-order chi connectivity index (χ0) is 31.7. The van der Waals surface area contributed by atoms with Crippen molar-refractivity contribution in [3.63, 3.8) is 0 Å². The molecule has 1 saturated heterocycles. The number of rotatable bonds is 7. The average molecular weight is 607 g/mol. The fraction of sp³-hybridized carbons (Fsp3) is 0.235. The number of ether oxygens (including phenoxy) is 1. The number of hydrogen-bond acceptors (Lipinski definition) is 8. The Hall–Kier alpha value is -5.26. The van der Waals surface area contributed by atoms with Gasteiger partial charge in [-0.3, -0.25) is 14.4 Å². The number of benzene rings is 2. The highest BCUT2D eigenvalue weighted by molar-refractivity contribution is 5.94. The molecule has 0 saturated carbocycles. The second kappa shape index (κ2) is 12.4. The molecule has 2 aromatic carbocycles. The standard InChI is InChI=1S/C34H34N6O5/c1-38(2)23-8-9-26-29(16-23)35-18-27(32(26)42)25-6-4-5-24(28(25)20-41)22-15-30(34(44)39(3)19-22)37-31-10-7-21(17-36-31)33(43)40-11-13-45-14-12-40/h4-10,15-19,41H,11-14,20H2,1-3H3,(H,35,42)(H,36,37). The van der Waals surface area contributed by atoms with Crippen molar-refractivity contribution >= 4 is 34.0 Å². The number of anilines is 3. The number of aryl methyl sites for hydroxylation is 1. The van der Waals surface area contributed by atoms with Crippen LogP contribution in [-0.2, 0) is 18.4 Å². The molecule has 11 heteroatoms. The molecule has 0 atom stereocenters. The van der Waals surface area contributed by atoms with E-state index in [9.17, 15) is 19.5 Å². The summed E-state index contributed by atoms with van der Waals surface area (Å²) >= 11 is 0. The van der Waals surface area contributed by atoms with Crippen LogP contribution in [0.1, 0.15) is 15.9 Å². The van der Waals surface area contributed by atoms with E-state index in [1.807, 2.05) is 49.3 Å². The van der Waals surface area contributed by atoms with Crippen LogP contribution in [0.5, 0.6) is 0 Å². The van der Waals surface area contributed by atoms with Gasteiger partial charge in [-0.25, -0.2) is 4.98 Å². The molecule has 6 rings (SSSR count). The van der Waals surface area contributed by atoms with E-state index in [1.54, 1.807) is 48.6 Å². The number of fused-ring (bicyclic) bond motifs is 1. The Kier molecular flexibility index (Phi) is 8.20. The molecule has 3 N–H and O–H groups in total. The molecule has 230 valence electrons. The molecule has 0 unspecified atom stereocenters. The highest BCUT2D eigenvalue weighted by atomic mass is 16.5. The van der Waals surface area contributed by atoms with Gasteiger partial charge in [0.05, 0.1) is 30.9 Å². The smallest absolute Gasteiger partial charge is 0.274 e. The second-order valence-corrected chi connectivity index (χ2v) is 11.2. The molecule has 3 aromatic heterocycles. The minimum Gasteiger partial charge on any atom is -0.392 e. The molecule has 11 nitrogen and oxygen atoms in total. The van der Waals surface area contributed by atoms with Crippen LogP contribution < -0.4 is 21.2 Å². The minimum absolute atomic E-state index is 0.116. The number of aromatic nitrogens is 3. The number of nitrogens with zero attached hydrogens (tertiary/aromatic N) is 4. The van der Waals surface area contributed by atoms with Gasteiger partial charge in [-0.15, -0.1) is 0 Å². The molecular weight excluding hydrogens is 572 g/mol. The number of pyridine rings is 3. The summed E-state index contributed by atoms with van der Waals surface area (Å²) in [6, 6.07) is 16.1. The maximum Gasteiger partial charge on any atom is 0.274 e. The maximum atomic E-state index is 13.6. The largest absolute Gasteiger partial charge is 0.392 e. The number of carbonyl (C=O) groups excluding carboxylic acids is 1. The molecule has 1 fully saturated rings. The van der Waals surface area contributed by atoms with Crippen LogP contribution in [0.4, 0.5) is 17.2 Å². The van der Waals surface area contributed by atoms with Gasteiger partial charge in [0, 0.05) is 75.0 Å². The Morgan fingerprint density at radius 2 is 1.82 bits per heavy atom. The van der Waals surface area contributed by atoms with Crippen molar-refractivity contribution in [2.45, 2.75) is 6.61 Å². The number of carbonyl (C=O) groups is 1. The lowest BCUT2D eigenvalue weighted by atomic mass is 9.92. The van der Waals surface area contributed by atoms with Gasteiger partial charge in [0.25, 0.3) is 11.5 Å². The summed E-state index contributed by atoms with van der Waals surface area (Å²) in [4.78, 5) is 50.9. The third-order valence-electron chi connectivity index (χ3n) is 8.07. The monoisotopic (exact) mass is 606 g/mol. The van der Waals surface area contributed by atoms with Gasteiger partial charge in [0.1, 0.15) is 11.5 Å². The van der Waals surface area contributed by atoms with E-state index in [1.165, 1.54) is 10.8 Å². The fourth-order valence-corrected chi connectivity index (χ4v) is 5.60. The van der Waals surface area contributed by atoms with E-state index >= 15 is 0 Å². The number of nitrogens with one attached hydrogen (secondary N) is 2. The summed E-state index contributed by atoms with van der Waals surface area (Å²) < 4.78 is 6.78. The highest BCUT2D eigenvalue weighted by Gasteiger charge is 2.20. The number of aliphatic hydroxyl groups excluding tert-OH is 1. The summed E-state index contributed by atoms with van der Waals surface area (Å²) in [5.41, 5.74) is 4.91. The van der Waals surface area contributed by atoms with Crippen molar-refractivity contribution < 1.29 is 14.6 Å². The third kappa shape index (κ3) is 5.83. The maximum absolute atomic E-state index is 13.6. The van der Waals surface area contributed by atoms with Gasteiger partial charge >= 0.3 is 0 Å². The highest BCUT2D eigenvalue weighted by Crippen LogP contribution is 2.33. The number of H-pyrrole nitrogens is 1. The topological polar surface area (TPSA) is 133 Å². The van der Waals surface area contributed by atoms with Crippen molar-refractivity contribution in [1.82, 2.24) is 19.4 Å². The second-order valence-electron chi connectivity index (χ2n) is 11.2. The first-order valence-corrected chi connectivity index (χ1v) is 14.6. The van der Waals surface area contributed by atoms with Crippen molar-refractivity contribution in [1.29, 1.82) is 0 Å². The van der Waals surface area contributed by atoms with Crippen molar-refractivity contribution in [3.8, 4) is 22.3 Å². The molecule has 45 heavy (non-hydrogen) atoms. The van der Waals surface area contributed by atoms with Crippen LogP contribution in [0.15, 0.2) is 82.8 Å². The minimum atomic E-state index is -0.325. The fourth-order valence-electron chi connectivity index (χ4n) is 5.60. The normalized spacial score (nSPS) is 13.2. The first-order valence-electron chi connectivity index (χ1n) is 14.6. The van der Waals surface area contributed by atoms with Crippen molar-refractivity contribution in [2.75, 3.05) is 50.6 Å². The molecule has 4 heterocycles. The Labute approximate surface area is 259 Å². The van der Waals surface area contributed by atoms with Gasteiger partial charge in [-0.05, 0) is 53.1 Å². The van der Waals surface area contributed by atoms with Gasteiger partial charge < -0.3 is 34.5 Å². The van der Waals surface area contributed by atoms with Gasteiger partial charge in [-0.1, -0.05) is 18.2 Å². The number of amides is 1.